The minimum absolute atomic E-state index is 0.0922. The van der Waals surface area contributed by atoms with E-state index in [1.807, 2.05) is 0 Å². The van der Waals surface area contributed by atoms with Crippen LogP contribution in [-0.4, -0.2) is 42.3 Å². The summed E-state index contributed by atoms with van der Waals surface area (Å²) in [4.78, 5) is 10.0. The van der Waals surface area contributed by atoms with Gasteiger partial charge in [-0.2, -0.15) is 13.2 Å². The number of aromatic nitrogens is 2. The first-order chi connectivity index (χ1) is 8.54. The molecule has 0 radical (unpaired) electrons. The largest absolute Gasteiger partial charge is 0.389 e. The third-order valence-corrected chi connectivity index (χ3v) is 2.81. The molecular weight excluding hydrogens is 245 g/mol. The molecule has 0 unspecified atom stereocenters. The highest BCUT2D eigenvalue weighted by Gasteiger charge is 2.26. The molecule has 1 aromatic heterocycles. The maximum Gasteiger partial charge on any atom is 0.389 e. The molecule has 0 bridgehead atoms. The van der Waals surface area contributed by atoms with Gasteiger partial charge in [0.2, 0.25) is 0 Å². The van der Waals surface area contributed by atoms with E-state index in [1.54, 1.807) is 6.07 Å². The third-order valence-electron chi connectivity index (χ3n) is 2.81. The van der Waals surface area contributed by atoms with E-state index in [0.29, 0.717) is 11.5 Å². The number of aryl methyl sites for hydroxylation is 1. The van der Waals surface area contributed by atoms with Crippen molar-refractivity contribution in [2.75, 3.05) is 31.1 Å². The number of halogens is 3. The van der Waals surface area contributed by atoms with Crippen LogP contribution in [-0.2, 0) is 6.42 Å². The average Bonchev–Trinajstić information content (AvgIpc) is 2.37. The summed E-state index contributed by atoms with van der Waals surface area (Å²) in [6.45, 7) is 3.36. The second-order valence-electron chi connectivity index (χ2n) is 4.22. The lowest BCUT2D eigenvalue weighted by molar-refractivity contribution is -0.134. The monoisotopic (exact) mass is 260 g/mol. The standard InChI is InChI=1S/C11H15F3N4/c12-11(13,14)2-1-9-7-10(17-8-16-9)18-5-3-15-4-6-18/h7-8,15H,1-6H2. The summed E-state index contributed by atoms with van der Waals surface area (Å²) >= 11 is 0. The fourth-order valence-corrected chi connectivity index (χ4v) is 1.86. The summed E-state index contributed by atoms with van der Waals surface area (Å²) in [6, 6.07) is 1.65. The van der Waals surface area contributed by atoms with E-state index in [2.05, 4.69) is 20.2 Å². The molecule has 1 aliphatic rings. The van der Waals surface area contributed by atoms with Gasteiger partial charge in [-0.15, -0.1) is 0 Å². The molecule has 100 valence electrons. The van der Waals surface area contributed by atoms with E-state index in [0.717, 1.165) is 26.2 Å². The van der Waals surface area contributed by atoms with Crippen molar-refractivity contribution < 1.29 is 13.2 Å². The molecule has 1 fully saturated rings. The first kappa shape index (κ1) is 13.1. The lowest BCUT2D eigenvalue weighted by Gasteiger charge is -2.28. The predicted octanol–water partition coefficient (Wildman–Crippen LogP) is 1.38. The molecule has 1 aromatic rings. The Labute approximate surface area is 103 Å². The molecule has 0 aliphatic carbocycles. The van der Waals surface area contributed by atoms with Crippen LogP contribution < -0.4 is 10.2 Å². The van der Waals surface area contributed by atoms with Gasteiger partial charge in [-0.1, -0.05) is 0 Å². The summed E-state index contributed by atoms with van der Waals surface area (Å²) in [5.74, 6) is 0.712. The molecule has 0 atom stereocenters. The fraction of sp³-hybridized carbons (Fsp3) is 0.636. The Morgan fingerprint density at radius 3 is 2.61 bits per heavy atom. The zero-order valence-electron chi connectivity index (χ0n) is 9.87. The predicted molar refractivity (Wildman–Crippen MR) is 61.5 cm³/mol. The van der Waals surface area contributed by atoms with Gasteiger partial charge < -0.3 is 10.2 Å². The van der Waals surface area contributed by atoms with Crippen LogP contribution in [0.2, 0.25) is 0 Å². The number of rotatable bonds is 3. The lowest BCUT2D eigenvalue weighted by Crippen LogP contribution is -2.43. The fourth-order valence-electron chi connectivity index (χ4n) is 1.86. The van der Waals surface area contributed by atoms with Crippen LogP contribution in [0.3, 0.4) is 0 Å². The van der Waals surface area contributed by atoms with Crippen LogP contribution in [0.1, 0.15) is 12.1 Å². The molecule has 0 aromatic carbocycles. The summed E-state index contributed by atoms with van der Waals surface area (Å²) in [5, 5.41) is 3.21. The van der Waals surface area contributed by atoms with Crippen molar-refractivity contribution in [2.45, 2.75) is 19.0 Å². The minimum Gasteiger partial charge on any atom is -0.354 e. The van der Waals surface area contributed by atoms with Gasteiger partial charge in [0.05, 0.1) is 0 Å². The smallest absolute Gasteiger partial charge is 0.354 e. The summed E-state index contributed by atoms with van der Waals surface area (Å²) in [6.07, 6.45) is -3.74. The Balaban J connectivity index is 2.00. The van der Waals surface area contributed by atoms with E-state index >= 15 is 0 Å². The summed E-state index contributed by atoms with van der Waals surface area (Å²) in [7, 11) is 0. The van der Waals surface area contributed by atoms with Gasteiger partial charge >= 0.3 is 6.18 Å². The van der Waals surface area contributed by atoms with Crippen molar-refractivity contribution in [2.24, 2.45) is 0 Å². The number of anilines is 1. The van der Waals surface area contributed by atoms with Crippen molar-refractivity contribution in [1.29, 1.82) is 0 Å². The van der Waals surface area contributed by atoms with Gasteiger partial charge in [0.15, 0.2) is 0 Å². The minimum atomic E-state index is -4.14. The van der Waals surface area contributed by atoms with Crippen LogP contribution in [0.25, 0.3) is 0 Å². The first-order valence-electron chi connectivity index (χ1n) is 5.88. The van der Waals surface area contributed by atoms with Crippen molar-refractivity contribution in [3.8, 4) is 0 Å². The van der Waals surface area contributed by atoms with Gasteiger partial charge in [0.1, 0.15) is 12.1 Å². The van der Waals surface area contributed by atoms with Crippen LogP contribution in [0.4, 0.5) is 19.0 Å². The van der Waals surface area contributed by atoms with Crippen molar-refractivity contribution in [3.63, 3.8) is 0 Å². The zero-order chi connectivity index (χ0) is 13.0. The van der Waals surface area contributed by atoms with Crippen LogP contribution >= 0.6 is 0 Å². The zero-order valence-corrected chi connectivity index (χ0v) is 9.87. The second kappa shape index (κ2) is 5.51. The number of alkyl halides is 3. The van der Waals surface area contributed by atoms with Crippen molar-refractivity contribution in [1.82, 2.24) is 15.3 Å². The average molecular weight is 260 g/mol. The second-order valence-corrected chi connectivity index (χ2v) is 4.22. The van der Waals surface area contributed by atoms with E-state index in [-0.39, 0.29) is 6.42 Å². The number of nitrogens with zero attached hydrogens (tertiary/aromatic N) is 3. The molecule has 7 heteroatoms. The quantitative estimate of drug-likeness (QED) is 0.891. The molecule has 0 saturated carbocycles. The Bertz CT molecular complexity index is 388. The Morgan fingerprint density at radius 1 is 1.22 bits per heavy atom. The topological polar surface area (TPSA) is 41.0 Å². The molecule has 2 rings (SSSR count). The summed E-state index contributed by atoms with van der Waals surface area (Å²) < 4.78 is 36.4. The highest BCUT2D eigenvalue weighted by molar-refractivity contribution is 5.39. The van der Waals surface area contributed by atoms with Crippen LogP contribution in [0.5, 0.6) is 0 Å². The molecule has 1 saturated heterocycles. The van der Waals surface area contributed by atoms with Gasteiger partial charge in [-0.05, 0) is 6.42 Å². The highest BCUT2D eigenvalue weighted by atomic mass is 19.4. The number of hydrogen-bond donors (Lipinski definition) is 1. The number of piperazine rings is 1. The van der Waals surface area contributed by atoms with Crippen LogP contribution in [0.15, 0.2) is 12.4 Å². The highest BCUT2D eigenvalue weighted by Crippen LogP contribution is 2.22. The first-order valence-corrected chi connectivity index (χ1v) is 5.88. The molecule has 1 aliphatic heterocycles. The van der Waals surface area contributed by atoms with Crippen molar-refractivity contribution >= 4 is 5.82 Å². The van der Waals surface area contributed by atoms with Gasteiger partial charge in [-0.25, -0.2) is 9.97 Å². The molecule has 1 N–H and O–H groups in total. The molecule has 0 spiro atoms. The van der Waals surface area contributed by atoms with Crippen molar-refractivity contribution in [3.05, 3.63) is 18.1 Å². The third kappa shape index (κ3) is 3.83. The molecule has 0 amide bonds. The summed E-state index contributed by atoms with van der Waals surface area (Å²) in [5.41, 5.74) is 0.441. The molecular formula is C11H15F3N4. The number of hydrogen-bond acceptors (Lipinski definition) is 4. The molecule has 2 heterocycles. The van der Waals surface area contributed by atoms with Gasteiger partial charge in [-0.3, -0.25) is 0 Å². The van der Waals surface area contributed by atoms with E-state index in [1.165, 1.54) is 6.33 Å². The maximum absolute atomic E-state index is 12.1. The molecule has 18 heavy (non-hydrogen) atoms. The van der Waals surface area contributed by atoms with Gasteiger partial charge in [0, 0.05) is 44.4 Å². The lowest BCUT2D eigenvalue weighted by atomic mass is 10.2. The van der Waals surface area contributed by atoms with E-state index < -0.39 is 12.6 Å². The SMILES string of the molecule is FC(F)(F)CCc1cc(N2CCNCC2)ncn1. The van der Waals surface area contributed by atoms with Crippen LogP contribution in [0, 0.1) is 0 Å². The Hall–Kier alpha value is -1.37. The normalized spacial score (nSPS) is 16.9. The molecule has 4 nitrogen and oxygen atoms in total. The Kier molecular flexibility index (Phi) is 4.00. The maximum atomic E-state index is 12.1. The van der Waals surface area contributed by atoms with E-state index in [9.17, 15) is 13.2 Å². The van der Waals surface area contributed by atoms with E-state index in [4.69, 9.17) is 0 Å². The number of nitrogens with one attached hydrogen (secondary N) is 1. The van der Waals surface area contributed by atoms with Gasteiger partial charge in [0.25, 0.3) is 0 Å². The Morgan fingerprint density at radius 2 is 1.94 bits per heavy atom.